The first-order chi connectivity index (χ1) is 12.1. The van der Waals surface area contributed by atoms with Crippen molar-refractivity contribution < 1.29 is 14.3 Å². The Morgan fingerprint density at radius 3 is 2.32 bits per heavy atom. The van der Waals surface area contributed by atoms with Gasteiger partial charge in [0.05, 0.1) is 6.61 Å². The molecular weight excluding hydrogens is 380 g/mol. The van der Waals surface area contributed by atoms with Crippen molar-refractivity contribution in [3.8, 4) is 11.5 Å². The van der Waals surface area contributed by atoms with E-state index in [0.717, 1.165) is 21.0 Å². The average molecular weight is 399 g/mol. The number of rotatable bonds is 6. The highest BCUT2D eigenvalue weighted by Crippen LogP contribution is 2.25. The predicted octanol–water partition coefficient (Wildman–Crippen LogP) is 5.65. The van der Waals surface area contributed by atoms with Crippen LogP contribution in [-0.4, -0.2) is 18.5 Å². The van der Waals surface area contributed by atoms with Gasteiger partial charge in [0, 0.05) is 10.0 Å². The number of hydrogen-bond donors (Lipinski definition) is 0. The van der Waals surface area contributed by atoms with E-state index in [1.807, 2.05) is 43.3 Å². The summed E-state index contributed by atoms with van der Waals surface area (Å²) < 4.78 is 12.3. The van der Waals surface area contributed by atoms with Crippen molar-refractivity contribution in [3.05, 3.63) is 70.7 Å². The first kappa shape index (κ1) is 17.5. The number of ether oxygens (including phenoxy) is 2. The second kappa shape index (κ2) is 7.70. The van der Waals surface area contributed by atoms with Crippen LogP contribution in [0.25, 0.3) is 10.8 Å². The lowest BCUT2D eigenvalue weighted by Crippen LogP contribution is -2.23. The van der Waals surface area contributed by atoms with Gasteiger partial charge in [-0.15, -0.1) is 0 Å². The lowest BCUT2D eigenvalue weighted by molar-refractivity contribution is 0.0818. The van der Waals surface area contributed by atoms with Crippen molar-refractivity contribution >= 4 is 32.5 Å². The molecule has 0 saturated heterocycles. The number of hydrogen-bond acceptors (Lipinski definition) is 3. The molecule has 25 heavy (non-hydrogen) atoms. The minimum Gasteiger partial charge on any atom is -0.494 e. The molecule has 0 heterocycles. The van der Waals surface area contributed by atoms with E-state index in [-0.39, 0.29) is 5.78 Å². The number of ketones is 1. The van der Waals surface area contributed by atoms with Crippen molar-refractivity contribution in [1.82, 2.24) is 0 Å². The molecule has 3 aromatic rings. The fourth-order valence-corrected chi connectivity index (χ4v) is 3.02. The lowest BCUT2D eigenvalue weighted by atomic mass is 10.1. The summed E-state index contributed by atoms with van der Waals surface area (Å²) >= 11 is 3.47. The van der Waals surface area contributed by atoms with Gasteiger partial charge < -0.3 is 9.47 Å². The number of carbonyl (C=O) groups excluding carboxylic acids is 1. The molecule has 0 amide bonds. The molecule has 128 valence electrons. The van der Waals surface area contributed by atoms with Gasteiger partial charge in [-0.2, -0.15) is 0 Å². The van der Waals surface area contributed by atoms with Gasteiger partial charge in [-0.3, -0.25) is 4.79 Å². The van der Waals surface area contributed by atoms with Crippen LogP contribution in [0.15, 0.2) is 65.1 Å². The third-order valence-electron chi connectivity index (χ3n) is 3.91. The normalized spacial score (nSPS) is 12.0. The third-order valence-corrected chi connectivity index (χ3v) is 4.40. The molecule has 0 radical (unpaired) electrons. The molecule has 0 aliphatic rings. The van der Waals surface area contributed by atoms with Gasteiger partial charge in [0.15, 0.2) is 6.10 Å². The number of Topliss-reactive ketones (excluding diaryl/α,β-unsaturated/α-hetero) is 1. The molecule has 0 fully saturated rings. The second-order valence-electron chi connectivity index (χ2n) is 5.73. The predicted molar refractivity (Wildman–Crippen MR) is 104 cm³/mol. The van der Waals surface area contributed by atoms with Crippen LogP contribution in [0.4, 0.5) is 0 Å². The molecular formula is C21H19BrO3. The maximum Gasteiger partial charge on any atom is 0.202 e. The number of fused-ring (bicyclic) bond motifs is 1. The molecule has 3 aromatic carbocycles. The summed E-state index contributed by atoms with van der Waals surface area (Å²) in [5.74, 6) is 1.38. The summed E-state index contributed by atoms with van der Waals surface area (Å²) in [7, 11) is 0. The summed E-state index contributed by atoms with van der Waals surface area (Å²) in [4.78, 5) is 12.6. The minimum absolute atomic E-state index is 0.0565. The van der Waals surface area contributed by atoms with Gasteiger partial charge in [0.25, 0.3) is 0 Å². The molecule has 0 aromatic heterocycles. The van der Waals surface area contributed by atoms with Crippen LogP contribution < -0.4 is 9.47 Å². The number of benzene rings is 3. The zero-order chi connectivity index (χ0) is 17.8. The Bertz CT molecular complexity index is 887. The Morgan fingerprint density at radius 2 is 1.60 bits per heavy atom. The van der Waals surface area contributed by atoms with E-state index in [9.17, 15) is 4.79 Å². The zero-order valence-corrected chi connectivity index (χ0v) is 15.7. The average Bonchev–Trinajstić information content (AvgIpc) is 2.62. The van der Waals surface area contributed by atoms with E-state index in [0.29, 0.717) is 17.9 Å². The summed E-state index contributed by atoms with van der Waals surface area (Å²) in [5, 5.41) is 2.19. The maximum atomic E-state index is 12.6. The fraction of sp³-hybridized carbons (Fsp3) is 0.190. The molecule has 1 atom stereocenters. The topological polar surface area (TPSA) is 35.5 Å². The van der Waals surface area contributed by atoms with E-state index in [2.05, 4.69) is 15.9 Å². The van der Waals surface area contributed by atoms with Gasteiger partial charge in [0.1, 0.15) is 11.5 Å². The monoisotopic (exact) mass is 398 g/mol. The van der Waals surface area contributed by atoms with Gasteiger partial charge in [-0.05, 0) is 73.2 Å². The minimum atomic E-state index is -0.564. The first-order valence-corrected chi connectivity index (χ1v) is 8.99. The molecule has 3 rings (SSSR count). The van der Waals surface area contributed by atoms with Crippen molar-refractivity contribution in [2.75, 3.05) is 6.61 Å². The van der Waals surface area contributed by atoms with Crippen LogP contribution in [0.3, 0.4) is 0 Å². The highest BCUT2D eigenvalue weighted by Gasteiger charge is 2.17. The highest BCUT2D eigenvalue weighted by atomic mass is 79.9. The van der Waals surface area contributed by atoms with Gasteiger partial charge in [-0.25, -0.2) is 0 Å². The number of halogens is 1. The second-order valence-corrected chi connectivity index (χ2v) is 6.65. The molecule has 0 spiro atoms. The Balaban J connectivity index is 1.73. The zero-order valence-electron chi connectivity index (χ0n) is 14.2. The Hall–Kier alpha value is -2.33. The van der Waals surface area contributed by atoms with Crippen molar-refractivity contribution in [2.24, 2.45) is 0 Å². The van der Waals surface area contributed by atoms with Crippen molar-refractivity contribution in [1.29, 1.82) is 0 Å². The molecule has 0 bridgehead atoms. The van der Waals surface area contributed by atoms with E-state index in [1.54, 1.807) is 31.2 Å². The summed E-state index contributed by atoms with van der Waals surface area (Å²) in [6, 6.07) is 19.0. The Morgan fingerprint density at radius 1 is 0.960 bits per heavy atom. The van der Waals surface area contributed by atoms with Crippen LogP contribution >= 0.6 is 15.9 Å². The summed E-state index contributed by atoms with van der Waals surface area (Å²) in [5.41, 5.74) is 0.612. The molecule has 0 aliphatic heterocycles. The largest absolute Gasteiger partial charge is 0.494 e. The standard InChI is InChI=1S/C21H19BrO3/c1-3-24-19-9-5-15(6-10-19)21(23)14(2)25-20-11-7-16-12-18(22)8-4-17(16)13-20/h4-14H,3H2,1-2H3/t14-/m1/s1. The Kier molecular flexibility index (Phi) is 5.39. The number of carbonyl (C=O) groups is 1. The van der Waals surface area contributed by atoms with Crippen molar-refractivity contribution in [2.45, 2.75) is 20.0 Å². The smallest absolute Gasteiger partial charge is 0.202 e. The van der Waals surface area contributed by atoms with Crippen LogP contribution in [0.5, 0.6) is 11.5 Å². The van der Waals surface area contributed by atoms with E-state index in [4.69, 9.17) is 9.47 Å². The molecule has 0 aliphatic carbocycles. The van der Waals surface area contributed by atoms with E-state index in [1.165, 1.54) is 0 Å². The first-order valence-electron chi connectivity index (χ1n) is 8.20. The summed E-state index contributed by atoms with van der Waals surface area (Å²) in [6.07, 6.45) is -0.564. The molecule has 3 nitrogen and oxygen atoms in total. The van der Waals surface area contributed by atoms with Gasteiger partial charge in [0.2, 0.25) is 5.78 Å². The highest BCUT2D eigenvalue weighted by molar-refractivity contribution is 9.10. The SMILES string of the molecule is CCOc1ccc(C(=O)[C@@H](C)Oc2ccc3cc(Br)ccc3c2)cc1. The van der Waals surface area contributed by atoms with Crippen molar-refractivity contribution in [3.63, 3.8) is 0 Å². The lowest BCUT2D eigenvalue weighted by Gasteiger charge is -2.14. The van der Waals surface area contributed by atoms with Crippen LogP contribution in [-0.2, 0) is 0 Å². The van der Waals surface area contributed by atoms with E-state index >= 15 is 0 Å². The van der Waals surface area contributed by atoms with E-state index < -0.39 is 6.10 Å². The van der Waals surface area contributed by atoms with Crippen LogP contribution in [0, 0.1) is 0 Å². The Labute approximate surface area is 155 Å². The fourth-order valence-electron chi connectivity index (χ4n) is 2.64. The van der Waals surface area contributed by atoms with Crippen LogP contribution in [0.2, 0.25) is 0 Å². The van der Waals surface area contributed by atoms with Gasteiger partial charge in [-0.1, -0.05) is 28.1 Å². The maximum absolute atomic E-state index is 12.6. The summed E-state index contributed by atoms with van der Waals surface area (Å²) in [6.45, 7) is 4.30. The molecule has 0 saturated carbocycles. The molecule has 0 unspecified atom stereocenters. The van der Waals surface area contributed by atoms with Gasteiger partial charge >= 0.3 is 0 Å². The quantitative estimate of drug-likeness (QED) is 0.503. The van der Waals surface area contributed by atoms with Crippen LogP contribution in [0.1, 0.15) is 24.2 Å². The third kappa shape index (κ3) is 4.20. The molecule has 4 heteroatoms. The molecule has 0 N–H and O–H groups in total.